The number of unbranched alkanes of at least 4 members (excludes halogenated alkanes) is 2. The van der Waals surface area contributed by atoms with E-state index in [9.17, 15) is 4.79 Å². The van der Waals surface area contributed by atoms with E-state index in [2.05, 4.69) is 12.2 Å². The molecule has 0 saturated carbocycles. The van der Waals surface area contributed by atoms with Gasteiger partial charge in [0.25, 0.3) is 5.91 Å². The fourth-order valence-corrected chi connectivity index (χ4v) is 3.27. The molecular formula is C23H33NO3. The number of nitrogens with one attached hydrogen (secondary N) is 1. The van der Waals surface area contributed by atoms with E-state index in [1.54, 1.807) is 0 Å². The minimum Gasteiger partial charge on any atom is -0.490 e. The Kier molecular flexibility index (Phi) is 7.66. The lowest BCUT2D eigenvalue weighted by molar-refractivity contribution is -0.139. The second kappa shape index (κ2) is 9.75. The van der Waals surface area contributed by atoms with Crippen LogP contribution >= 0.6 is 0 Å². The average Bonchev–Trinajstić information content (AvgIpc) is 2.63. The number of benzene rings is 2. The molecule has 148 valence electrons. The van der Waals surface area contributed by atoms with Gasteiger partial charge in [-0.05, 0) is 46.2 Å². The maximum absolute atomic E-state index is 13.1. The first-order valence-electron chi connectivity index (χ1n) is 10.0. The molecular weight excluding hydrogens is 338 g/mol. The Morgan fingerprint density at radius 3 is 2.41 bits per heavy atom. The molecule has 4 nitrogen and oxygen atoms in total. The van der Waals surface area contributed by atoms with Crippen molar-refractivity contribution in [2.45, 2.75) is 72.0 Å². The fraction of sp³-hybridized carbons (Fsp3) is 0.522. The van der Waals surface area contributed by atoms with E-state index in [1.807, 2.05) is 64.1 Å². The fourth-order valence-electron chi connectivity index (χ4n) is 3.27. The molecule has 2 aromatic rings. The van der Waals surface area contributed by atoms with Crippen molar-refractivity contribution in [1.29, 1.82) is 0 Å². The normalized spacial score (nSPS) is 13.6. The van der Waals surface area contributed by atoms with Crippen molar-refractivity contribution in [1.82, 2.24) is 0 Å². The highest BCUT2D eigenvalue weighted by molar-refractivity contribution is 6.06. The Balaban J connectivity index is 2.29. The molecule has 0 heterocycles. The number of hydrogen-bond acceptors (Lipinski definition) is 3. The molecule has 2 aromatic carbocycles. The molecule has 1 atom stereocenters. The van der Waals surface area contributed by atoms with E-state index < -0.39 is 5.60 Å². The second-order valence-corrected chi connectivity index (χ2v) is 7.40. The minimum atomic E-state index is -0.821. The molecule has 0 bridgehead atoms. The monoisotopic (exact) mass is 371 g/mol. The Morgan fingerprint density at radius 1 is 1.07 bits per heavy atom. The van der Waals surface area contributed by atoms with Gasteiger partial charge in [0.2, 0.25) is 0 Å². The summed E-state index contributed by atoms with van der Waals surface area (Å²) in [6.45, 7) is 10.5. The first-order chi connectivity index (χ1) is 12.9. The third kappa shape index (κ3) is 5.46. The van der Waals surface area contributed by atoms with Crippen LogP contribution in [0.15, 0.2) is 36.4 Å². The summed E-state index contributed by atoms with van der Waals surface area (Å²) in [5.41, 5.74) is -0.0360. The summed E-state index contributed by atoms with van der Waals surface area (Å²) >= 11 is 0. The molecule has 0 aliphatic heterocycles. The minimum absolute atomic E-state index is 0.0914. The zero-order valence-electron chi connectivity index (χ0n) is 17.3. The third-order valence-corrected chi connectivity index (χ3v) is 4.70. The van der Waals surface area contributed by atoms with Gasteiger partial charge in [-0.15, -0.1) is 0 Å². The standard InChI is InChI=1S/C23H33NO3/c1-6-8-11-16-23(5,26-7-2)22(25)24-20-14-15-21(27-17(3)4)19-13-10-9-12-18(19)20/h9-10,12-15,17H,6-8,11,16H2,1-5H3,(H,24,25). The second-order valence-electron chi connectivity index (χ2n) is 7.40. The summed E-state index contributed by atoms with van der Waals surface area (Å²) in [4.78, 5) is 13.1. The van der Waals surface area contributed by atoms with E-state index in [4.69, 9.17) is 9.47 Å². The number of carbonyl (C=O) groups excluding carboxylic acids is 1. The number of hydrogen-bond donors (Lipinski definition) is 1. The molecule has 0 aliphatic carbocycles. The van der Waals surface area contributed by atoms with Gasteiger partial charge < -0.3 is 14.8 Å². The topological polar surface area (TPSA) is 47.6 Å². The molecule has 27 heavy (non-hydrogen) atoms. The summed E-state index contributed by atoms with van der Waals surface area (Å²) < 4.78 is 11.8. The van der Waals surface area contributed by atoms with Gasteiger partial charge in [0.15, 0.2) is 0 Å². The Labute approximate surface area is 163 Å². The Morgan fingerprint density at radius 2 is 1.78 bits per heavy atom. The van der Waals surface area contributed by atoms with Crippen LogP contribution in [0, 0.1) is 0 Å². The van der Waals surface area contributed by atoms with Gasteiger partial charge in [-0.3, -0.25) is 4.79 Å². The van der Waals surface area contributed by atoms with Gasteiger partial charge in [0.05, 0.1) is 6.10 Å². The molecule has 0 aliphatic rings. The number of ether oxygens (including phenoxy) is 2. The van der Waals surface area contributed by atoms with E-state index in [1.165, 1.54) is 0 Å². The van der Waals surface area contributed by atoms with Crippen molar-refractivity contribution in [3.8, 4) is 5.75 Å². The molecule has 2 rings (SSSR count). The summed E-state index contributed by atoms with van der Waals surface area (Å²) in [6.07, 6.45) is 4.00. The molecule has 1 N–H and O–H groups in total. The number of rotatable bonds is 10. The van der Waals surface area contributed by atoms with Crippen LogP contribution in [0.25, 0.3) is 10.8 Å². The van der Waals surface area contributed by atoms with E-state index in [0.717, 1.165) is 41.5 Å². The molecule has 0 aromatic heterocycles. The van der Waals surface area contributed by atoms with Gasteiger partial charge in [-0.1, -0.05) is 50.5 Å². The van der Waals surface area contributed by atoms with Crippen LogP contribution in [0.5, 0.6) is 5.75 Å². The average molecular weight is 372 g/mol. The highest BCUT2D eigenvalue weighted by Crippen LogP contribution is 2.33. The first kappa shape index (κ1) is 21.2. The number of anilines is 1. The van der Waals surface area contributed by atoms with E-state index >= 15 is 0 Å². The number of amides is 1. The van der Waals surface area contributed by atoms with Gasteiger partial charge in [0, 0.05) is 23.1 Å². The summed E-state index contributed by atoms with van der Waals surface area (Å²) in [5.74, 6) is 0.734. The van der Waals surface area contributed by atoms with Crippen LogP contribution in [-0.4, -0.2) is 24.2 Å². The highest BCUT2D eigenvalue weighted by Gasteiger charge is 2.33. The third-order valence-electron chi connectivity index (χ3n) is 4.70. The smallest absolute Gasteiger partial charge is 0.256 e. The maximum atomic E-state index is 13.1. The lowest BCUT2D eigenvalue weighted by Gasteiger charge is -2.28. The van der Waals surface area contributed by atoms with Gasteiger partial charge >= 0.3 is 0 Å². The largest absolute Gasteiger partial charge is 0.490 e. The van der Waals surface area contributed by atoms with Crippen molar-refractivity contribution in [2.24, 2.45) is 0 Å². The Hall–Kier alpha value is -2.07. The van der Waals surface area contributed by atoms with Crippen molar-refractivity contribution in [3.63, 3.8) is 0 Å². The molecule has 0 spiro atoms. The number of carbonyl (C=O) groups is 1. The van der Waals surface area contributed by atoms with Crippen molar-refractivity contribution < 1.29 is 14.3 Å². The SMILES string of the molecule is CCCCCC(C)(OCC)C(=O)Nc1ccc(OC(C)C)c2ccccc12. The summed E-state index contributed by atoms with van der Waals surface area (Å²) in [7, 11) is 0. The van der Waals surface area contributed by atoms with Gasteiger partial charge in [0.1, 0.15) is 11.4 Å². The zero-order valence-corrected chi connectivity index (χ0v) is 17.3. The molecule has 0 saturated heterocycles. The van der Waals surface area contributed by atoms with Crippen LogP contribution < -0.4 is 10.1 Å². The van der Waals surface area contributed by atoms with Gasteiger partial charge in [-0.2, -0.15) is 0 Å². The van der Waals surface area contributed by atoms with Crippen molar-refractivity contribution in [3.05, 3.63) is 36.4 Å². The molecule has 1 unspecified atom stereocenters. The number of fused-ring (bicyclic) bond motifs is 1. The summed E-state index contributed by atoms with van der Waals surface area (Å²) in [5, 5.41) is 5.06. The van der Waals surface area contributed by atoms with Crippen molar-refractivity contribution in [2.75, 3.05) is 11.9 Å². The van der Waals surface area contributed by atoms with Crippen LogP contribution in [0.3, 0.4) is 0 Å². The predicted molar refractivity (Wildman–Crippen MR) is 113 cm³/mol. The molecule has 0 radical (unpaired) electrons. The Bertz CT molecular complexity index is 756. The van der Waals surface area contributed by atoms with Gasteiger partial charge in [-0.25, -0.2) is 0 Å². The van der Waals surface area contributed by atoms with Crippen molar-refractivity contribution >= 4 is 22.4 Å². The van der Waals surface area contributed by atoms with E-state index in [-0.39, 0.29) is 12.0 Å². The zero-order chi connectivity index (χ0) is 19.9. The lowest BCUT2D eigenvalue weighted by atomic mass is 9.96. The predicted octanol–water partition coefficient (Wildman–Crippen LogP) is 5.94. The highest BCUT2D eigenvalue weighted by atomic mass is 16.5. The molecule has 0 fully saturated rings. The summed E-state index contributed by atoms with van der Waals surface area (Å²) in [6, 6.07) is 11.8. The molecule has 4 heteroatoms. The van der Waals surface area contributed by atoms with Crippen LogP contribution in [-0.2, 0) is 9.53 Å². The van der Waals surface area contributed by atoms with Crippen LogP contribution in [0.1, 0.15) is 60.3 Å². The van der Waals surface area contributed by atoms with Crippen LogP contribution in [0.2, 0.25) is 0 Å². The maximum Gasteiger partial charge on any atom is 0.256 e. The lowest BCUT2D eigenvalue weighted by Crippen LogP contribution is -2.42. The van der Waals surface area contributed by atoms with Crippen LogP contribution in [0.4, 0.5) is 5.69 Å². The van der Waals surface area contributed by atoms with E-state index in [0.29, 0.717) is 13.0 Å². The quantitative estimate of drug-likeness (QED) is 0.526. The molecule has 1 amide bonds. The first-order valence-corrected chi connectivity index (χ1v) is 10.0.